The zero-order valence-corrected chi connectivity index (χ0v) is 20.6. The second-order valence-electron chi connectivity index (χ2n) is 5.43. The van der Waals surface area contributed by atoms with Gasteiger partial charge in [-0.25, -0.2) is 0 Å². The van der Waals surface area contributed by atoms with E-state index in [1.165, 1.54) is 0 Å². The van der Waals surface area contributed by atoms with E-state index in [1.807, 2.05) is 30.3 Å². The molecule has 2 rings (SSSR count). The van der Waals surface area contributed by atoms with Crippen molar-refractivity contribution in [3.8, 4) is 0 Å². The zero-order chi connectivity index (χ0) is 25.5. The van der Waals surface area contributed by atoms with E-state index in [1.54, 1.807) is 36.7 Å². The van der Waals surface area contributed by atoms with E-state index in [0.717, 1.165) is 33.3 Å². The van der Waals surface area contributed by atoms with E-state index in [9.17, 15) is 4.79 Å². The smallest absolute Gasteiger partial charge is 0.300 e. The van der Waals surface area contributed by atoms with Gasteiger partial charge in [-0.2, -0.15) is 0 Å². The third-order valence-corrected chi connectivity index (χ3v) is 2.17. The standard InChI is InChI=1S/C14H11NO.4C2H4O2.2Cu/c16-14(13-7-4-10-15-11-13)9-8-12-5-2-1-3-6-12;4*1-2(3)4;;/h1-11H;4*1H3,(H,3,4);;/b9-8-;;;;;;. The molecular weight excluding hydrogens is 549 g/mol. The molecule has 0 aliphatic heterocycles. The molecule has 0 saturated heterocycles. The minimum atomic E-state index is -0.833. The van der Waals surface area contributed by atoms with Gasteiger partial charge in [-0.05, 0) is 23.8 Å². The van der Waals surface area contributed by atoms with E-state index in [4.69, 9.17) is 39.6 Å². The van der Waals surface area contributed by atoms with Gasteiger partial charge in [-0.15, -0.1) is 0 Å². The molecule has 1 heterocycles. The topological polar surface area (TPSA) is 179 Å². The first kappa shape index (κ1) is 41.0. The number of benzene rings is 1. The summed E-state index contributed by atoms with van der Waals surface area (Å²) < 4.78 is 0. The third kappa shape index (κ3) is 46.8. The summed E-state index contributed by atoms with van der Waals surface area (Å²) in [5.74, 6) is -3.36. The van der Waals surface area contributed by atoms with Gasteiger partial charge >= 0.3 is 0 Å². The largest absolute Gasteiger partial charge is 0.481 e. The summed E-state index contributed by atoms with van der Waals surface area (Å²) in [6, 6.07) is 13.2. The Kier molecular flexibility index (Phi) is 33.4. The van der Waals surface area contributed by atoms with E-state index in [0.29, 0.717) is 5.56 Å². The molecule has 0 aliphatic carbocycles. The molecule has 0 fully saturated rings. The molecule has 0 aliphatic rings. The van der Waals surface area contributed by atoms with Crippen molar-refractivity contribution in [1.29, 1.82) is 0 Å². The fourth-order valence-electron chi connectivity index (χ4n) is 1.34. The van der Waals surface area contributed by atoms with Crippen LogP contribution in [0.25, 0.3) is 6.08 Å². The van der Waals surface area contributed by atoms with Crippen LogP contribution in [-0.4, -0.2) is 55.1 Å². The van der Waals surface area contributed by atoms with Gasteiger partial charge in [0.15, 0.2) is 5.78 Å². The van der Waals surface area contributed by atoms with E-state index in [2.05, 4.69) is 4.98 Å². The molecule has 0 atom stereocenters. The normalized spacial score (nSPS) is 7.88. The Labute approximate surface area is 218 Å². The quantitative estimate of drug-likeness (QED) is 0.241. The monoisotopic (exact) mass is 575 g/mol. The number of carboxylic acid groups (broad SMARTS) is 4. The van der Waals surface area contributed by atoms with Crippen molar-refractivity contribution in [2.45, 2.75) is 27.7 Å². The number of carboxylic acids is 4. The number of nitrogens with zero attached hydrogens (tertiary/aromatic N) is 1. The molecule has 34 heavy (non-hydrogen) atoms. The summed E-state index contributed by atoms with van der Waals surface area (Å²) in [5, 5.41) is 29.7. The number of hydrogen-bond donors (Lipinski definition) is 4. The maximum absolute atomic E-state index is 11.7. The first-order valence-corrected chi connectivity index (χ1v) is 8.75. The fraction of sp³-hybridized carbons (Fsp3) is 0.182. The number of carbonyl (C=O) groups excluding carboxylic acids is 1. The van der Waals surface area contributed by atoms with Gasteiger partial charge in [0, 0.05) is 79.8 Å². The number of aromatic nitrogens is 1. The van der Waals surface area contributed by atoms with Crippen molar-refractivity contribution in [3.05, 3.63) is 72.1 Å². The molecule has 2 aromatic rings. The average molecular weight is 577 g/mol. The molecule has 0 unspecified atom stereocenters. The molecule has 196 valence electrons. The van der Waals surface area contributed by atoms with E-state index in [-0.39, 0.29) is 39.9 Å². The molecule has 10 nitrogen and oxygen atoms in total. The number of allylic oxidation sites excluding steroid dienone is 1. The number of pyridine rings is 1. The third-order valence-electron chi connectivity index (χ3n) is 2.17. The molecule has 12 heteroatoms. The van der Waals surface area contributed by atoms with Gasteiger partial charge in [0.2, 0.25) is 0 Å². The van der Waals surface area contributed by atoms with Gasteiger partial charge in [-0.1, -0.05) is 36.4 Å². The number of hydrogen-bond acceptors (Lipinski definition) is 6. The van der Waals surface area contributed by atoms with Crippen LogP contribution >= 0.6 is 0 Å². The van der Waals surface area contributed by atoms with Crippen LogP contribution in [0, 0.1) is 0 Å². The zero-order valence-electron chi connectivity index (χ0n) is 18.7. The van der Waals surface area contributed by atoms with Crippen LogP contribution in [-0.2, 0) is 53.3 Å². The maximum atomic E-state index is 11.7. The summed E-state index contributed by atoms with van der Waals surface area (Å²) in [5.41, 5.74) is 1.62. The SMILES string of the molecule is CC(=O)O.CC(=O)O.CC(=O)O.CC(=O)O.O=C(/C=C\c1ccccc1)c1cccnc1.[Cu].[Cu]. The van der Waals surface area contributed by atoms with Crippen molar-refractivity contribution >= 4 is 35.7 Å². The van der Waals surface area contributed by atoms with E-state index >= 15 is 0 Å². The fourth-order valence-corrected chi connectivity index (χ4v) is 1.34. The second-order valence-corrected chi connectivity index (χ2v) is 5.43. The molecule has 0 spiro atoms. The average Bonchev–Trinajstić information content (AvgIpc) is 2.66. The van der Waals surface area contributed by atoms with Gasteiger partial charge in [-0.3, -0.25) is 29.0 Å². The van der Waals surface area contributed by atoms with Gasteiger partial charge in [0.05, 0.1) is 0 Å². The molecule has 1 aromatic heterocycles. The molecule has 0 bridgehead atoms. The number of carbonyl (C=O) groups is 5. The minimum absolute atomic E-state index is 0. The summed E-state index contributed by atoms with van der Waals surface area (Å²) >= 11 is 0. The minimum Gasteiger partial charge on any atom is -0.481 e. The second kappa shape index (κ2) is 27.7. The molecular formula is C22H27Cu2NO9. The van der Waals surface area contributed by atoms with Crippen LogP contribution in [0.2, 0.25) is 0 Å². The van der Waals surface area contributed by atoms with Gasteiger partial charge in [0.25, 0.3) is 23.9 Å². The number of ketones is 1. The van der Waals surface area contributed by atoms with Crippen LogP contribution in [0.15, 0.2) is 60.9 Å². The molecule has 2 radical (unpaired) electrons. The maximum Gasteiger partial charge on any atom is 0.300 e. The van der Waals surface area contributed by atoms with E-state index < -0.39 is 23.9 Å². The number of rotatable bonds is 3. The Morgan fingerprint density at radius 2 is 1.06 bits per heavy atom. The summed E-state index contributed by atoms with van der Waals surface area (Å²) in [6.07, 6.45) is 6.58. The van der Waals surface area contributed by atoms with Crippen LogP contribution < -0.4 is 0 Å². The van der Waals surface area contributed by atoms with Crippen LogP contribution in [0.4, 0.5) is 0 Å². The molecule has 0 amide bonds. The van der Waals surface area contributed by atoms with Gasteiger partial charge in [0.1, 0.15) is 0 Å². The molecule has 0 saturated carbocycles. The Morgan fingerprint density at radius 3 is 1.38 bits per heavy atom. The Balaban J connectivity index is -0.000000130. The van der Waals surface area contributed by atoms with Crippen molar-refractivity contribution in [1.82, 2.24) is 4.98 Å². The summed E-state index contributed by atoms with van der Waals surface area (Å²) in [7, 11) is 0. The predicted octanol–water partition coefficient (Wildman–Crippen LogP) is 3.34. The van der Waals surface area contributed by atoms with Crippen molar-refractivity contribution in [2.24, 2.45) is 0 Å². The Hall–Kier alpha value is -3.30. The number of aliphatic carboxylic acids is 4. The summed E-state index contributed by atoms with van der Waals surface area (Å²) in [6.45, 7) is 4.33. The van der Waals surface area contributed by atoms with Gasteiger partial charge < -0.3 is 20.4 Å². The Morgan fingerprint density at radius 1 is 0.676 bits per heavy atom. The summed E-state index contributed by atoms with van der Waals surface area (Å²) in [4.78, 5) is 51.6. The first-order valence-electron chi connectivity index (χ1n) is 8.75. The molecule has 1 aromatic carbocycles. The predicted molar refractivity (Wildman–Crippen MR) is 117 cm³/mol. The van der Waals surface area contributed by atoms with Crippen molar-refractivity contribution in [3.63, 3.8) is 0 Å². The van der Waals surface area contributed by atoms with Crippen molar-refractivity contribution in [2.75, 3.05) is 0 Å². The van der Waals surface area contributed by atoms with Crippen LogP contribution in [0.3, 0.4) is 0 Å². The van der Waals surface area contributed by atoms with Crippen molar-refractivity contribution < 1.29 is 78.5 Å². The van der Waals surface area contributed by atoms with Crippen LogP contribution in [0.5, 0.6) is 0 Å². The first-order chi connectivity index (χ1) is 14.8. The van der Waals surface area contributed by atoms with Crippen LogP contribution in [0.1, 0.15) is 43.6 Å². The molecule has 4 N–H and O–H groups in total. The Bertz CT molecular complexity index is 795.